The van der Waals surface area contributed by atoms with Gasteiger partial charge in [-0.05, 0) is 48.4 Å². The van der Waals surface area contributed by atoms with Crippen LogP contribution in [0.1, 0.15) is 32.0 Å². The van der Waals surface area contributed by atoms with Crippen molar-refractivity contribution >= 4 is 22.7 Å². The molecule has 0 saturated heterocycles. The molecule has 33 heavy (non-hydrogen) atoms. The van der Waals surface area contributed by atoms with Crippen molar-refractivity contribution in [1.29, 1.82) is 0 Å². The second kappa shape index (κ2) is 8.82. The predicted octanol–water partition coefficient (Wildman–Crippen LogP) is 4.85. The molecule has 0 aliphatic carbocycles. The molecule has 3 N–H and O–H groups in total. The number of carbonyl (C=O) groups is 2. The van der Waals surface area contributed by atoms with Crippen LogP contribution in [-0.4, -0.2) is 23.8 Å². The maximum absolute atomic E-state index is 15.0. The summed E-state index contributed by atoms with van der Waals surface area (Å²) in [5.74, 6) is -3.11. The van der Waals surface area contributed by atoms with Crippen molar-refractivity contribution < 1.29 is 22.8 Å². The number of halogens is 3. The van der Waals surface area contributed by atoms with Gasteiger partial charge < -0.3 is 15.6 Å². The molecule has 168 valence electrons. The Morgan fingerprint density at radius 1 is 0.909 bits per heavy atom. The van der Waals surface area contributed by atoms with E-state index >= 15 is 4.39 Å². The molecule has 3 aromatic carbocycles. The van der Waals surface area contributed by atoms with Gasteiger partial charge in [-0.1, -0.05) is 24.3 Å². The van der Waals surface area contributed by atoms with E-state index in [0.29, 0.717) is 22.2 Å². The SMILES string of the molecule is CNC(=O)c1cc2c(-c3ccc(C(=O)NCc4c(F)ccc(C)c4F)cc3F)cccc2[nH]1. The van der Waals surface area contributed by atoms with Crippen molar-refractivity contribution in [1.82, 2.24) is 15.6 Å². The molecule has 0 bridgehead atoms. The maximum atomic E-state index is 15.0. The third-order valence-corrected chi connectivity index (χ3v) is 5.46. The summed E-state index contributed by atoms with van der Waals surface area (Å²) in [6.07, 6.45) is 0. The number of aryl methyl sites for hydroxylation is 1. The average molecular weight is 451 g/mol. The standard InChI is InChI=1S/C25H20F3N3O2/c1-13-6-9-19(26)18(23(13)28)12-30-24(32)14-7-8-16(20(27)10-14)15-4-3-5-21-17(15)11-22(31-21)25(33)29-2/h3-11,31H,12H2,1-2H3,(H,29,33)(H,30,32). The van der Waals surface area contributed by atoms with Gasteiger partial charge in [-0.2, -0.15) is 0 Å². The number of carbonyl (C=O) groups excluding carboxylic acids is 2. The topological polar surface area (TPSA) is 74.0 Å². The molecule has 1 heterocycles. The van der Waals surface area contributed by atoms with E-state index in [1.54, 1.807) is 24.3 Å². The molecule has 1 aromatic heterocycles. The van der Waals surface area contributed by atoms with Crippen molar-refractivity contribution in [2.45, 2.75) is 13.5 Å². The number of benzene rings is 3. The summed E-state index contributed by atoms with van der Waals surface area (Å²) in [5, 5.41) is 5.61. The first-order valence-corrected chi connectivity index (χ1v) is 10.2. The summed E-state index contributed by atoms with van der Waals surface area (Å²) in [7, 11) is 1.51. The van der Waals surface area contributed by atoms with Gasteiger partial charge in [0.05, 0.1) is 0 Å². The number of aromatic amines is 1. The zero-order valence-electron chi connectivity index (χ0n) is 17.9. The molecular formula is C25H20F3N3O2. The fourth-order valence-corrected chi connectivity index (χ4v) is 3.67. The highest BCUT2D eigenvalue weighted by atomic mass is 19.1. The average Bonchev–Trinajstić information content (AvgIpc) is 3.25. The second-order valence-electron chi connectivity index (χ2n) is 7.56. The second-order valence-corrected chi connectivity index (χ2v) is 7.56. The normalized spacial score (nSPS) is 10.9. The number of nitrogens with one attached hydrogen (secondary N) is 3. The fraction of sp³-hybridized carbons (Fsp3) is 0.120. The molecule has 0 spiro atoms. The summed E-state index contributed by atoms with van der Waals surface area (Å²) >= 11 is 0. The zero-order chi connectivity index (χ0) is 23.7. The van der Waals surface area contributed by atoms with Gasteiger partial charge in [0.2, 0.25) is 0 Å². The van der Waals surface area contributed by atoms with Crippen LogP contribution in [0.2, 0.25) is 0 Å². The monoisotopic (exact) mass is 451 g/mol. The molecule has 0 saturated carbocycles. The number of H-pyrrole nitrogens is 1. The molecule has 0 atom stereocenters. The minimum absolute atomic E-state index is 0.0111. The molecule has 0 fully saturated rings. The Morgan fingerprint density at radius 3 is 2.42 bits per heavy atom. The highest BCUT2D eigenvalue weighted by molar-refractivity contribution is 6.03. The van der Waals surface area contributed by atoms with Crippen LogP contribution in [0.5, 0.6) is 0 Å². The van der Waals surface area contributed by atoms with Gasteiger partial charge in [0, 0.05) is 41.2 Å². The lowest BCUT2D eigenvalue weighted by molar-refractivity contribution is 0.0945. The van der Waals surface area contributed by atoms with Crippen molar-refractivity contribution in [3.63, 3.8) is 0 Å². The molecule has 2 amide bonds. The van der Waals surface area contributed by atoms with Crippen molar-refractivity contribution in [2.24, 2.45) is 0 Å². The highest BCUT2D eigenvalue weighted by Crippen LogP contribution is 2.31. The van der Waals surface area contributed by atoms with Gasteiger partial charge in [0.25, 0.3) is 11.8 Å². The number of amides is 2. The van der Waals surface area contributed by atoms with E-state index in [4.69, 9.17) is 0 Å². The van der Waals surface area contributed by atoms with E-state index in [-0.39, 0.29) is 34.7 Å². The molecule has 0 aliphatic rings. The van der Waals surface area contributed by atoms with Gasteiger partial charge in [-0.15, -0.1) is 0 Å². The van der Waals surface area contributed by atoms with Crippen molar-refractivity contribution in [2.75, 3.05) is 7.05 Å². The van der Waals surface area contributed by atoms with Crippen LogP contribution >= 0.6 is 0 Å². The first-order valence-electron chi connectivity index (χ1n) is 10.2. The lowest BCUT2D eigenvalue weighted by atomic mass is 9.99. The molecule has 0 aliphatic heterocycles. The van der Waals surface area contributed by atoms with E-state index in [1.165, 1.54) is 32.2 Å². The molecule has 4 aromatic rings. The van der Waals surface area contributed by atoms with Gasteiger partial charge in [0.1, 0.15) is 23.1 Å². The molecule has 0 unspecified atom stereocenters. The van der Waals surface area contributed by atoms with Crippen LogP contribution in [0, 0.1) is 24.4 Å². The van der Waals surface area contributed by atoms with Crippen LogP contribution < -0.4 is 10.6 Å². The van der Waals surface area contributed by atoms with E-state index in [1.807, 2.05) is 0 Å². The predicted molar refractivity (Wildman–Crippen MR) is 119 cm³/mol. The third-order valence-electron chi connectivity index (χ3n) is 5.46. The third kappa shape index (κ3) is 4.19. The summed E-state index contributed by atoms with van der Waals surface area (Å²) in [6, 6.07) is 13.2. The minimum Gasteiger partial charge on any atom is -0.354 e. The molecule has 0 radical (unpaired) electrons. The Hall–Kier alpha value is -4.07. The Labute approximate surface area is 187 Å². The Morgan fingerprint density at radius 2 is 1.70 bits per heavy atom. The fourth-order valence-electron chi connectivity index (χ4n) is 3.67. The Kier molecular flexibility index (Phi) is 5.91. The summed E-state index contributed by atoms with van der Waals surface area (Å²) in [4.78, 5) is 27.4. The summed E-state index contributed by atoms with van der Waals surface area (Å²) < 4.78 is 43.1. The van der Waals surface area contributed by atoms with Crippen LogP contribution in [0.3, 0.4) is 0 Å². The van der Waals surface area contributed by atoms with Crippen LogP contribution in [0.25, 0.3) is 22.0 Å². The molecule has 8 heteroatoms. The molecule has 5 nitrogen and oxygen atoms in total. The smallest absolute Gasteiger partial charge is 0.267 e. The van der Waals surface area contributed by atoms with Crippen molar-refractivity contribution in [3.05, 3.63) is 94.4 Å². The first kappa shape index (κ1) is 22.1. The largest absolute Gasteiger partial charge is 0.354 e. The minimum atomic E-state index is -0.768. The van der Waals surface area contributed by atoms with E-state index in [9.17, 15) is 18.4 Å². The first-order chi connectivity index (χ1) is 15.8. The Bertz CT molecular complexity index is 1400. The van der Waals surface area contributed by atoms with Gasteiger partial charge in [0.15, 0.2) is 0 Å². The lowest BCUT2D eigenvalue weighted by Gasteiger charge is -2.10. The van der Waals surface area contributed by atoms with Gasteiger partial charge >= 0.3 is 0 Å². The quantitative estimate of drug-likeness (QED) is 0.406. The number of aromatic nitrogens is 1. The van der Waals surface area contributed by atoms with Crippen molar-refractivity contribution in [3.8, 4) is 11.1 Å². The highest BCUT2D eigenvalue weighted by Gasteiger charge is 2.17. The molecular weight excluding hydrogens is 431 g/mol. The van der Waals surface area contributed by atoms with Crippen LogP contribution in [-0.2, 0) is 6.54 Å². The van der Waals surface area contributed by atoms with E-state index < -0.39 is 23.4 Å². The number of hydrogen-bond acceptors (Lipinski definition) is 2. The number of rotatable bonds is 5. The van der Waals surface area contributed by atoms with Crippen LogP contribution in [0.15, 0.2) is 54.6 Å². The van der Waals surface area contributed by atoms with Crippen LogP contribution in [0.4, 0.5) is 13.2 Å². The summed E-state index contributed by atoms with van der Waals surface area (Å²) in [5.41, 5.74) is 1.81. The van der Waals surface area contributed by atoms with E-state index in [2.05, 4.69) is 15.6 Å². The number of fused-ring (bicyclic) bond motifs is 1. The Balaban J connectivity index is 1.60. The zero-order valence-corrected chi connectivity index (χ0v) is 17.9. The van der Waals surface area contributed by atoms with E-state index in [0.717, 1.165) is 12.1 Å². The number of hydrogen-bond donors (Lipinski definition) is 3. The van der Waals surface area contributed by atoms with Gasteiger partial charge in [-0.25, -0.2) is 13.2 Å². The maximum Gasteiger partial charge on any atom is 0.267 e. The summed E-state index contributed by atoms with van der Waals surface area (Å²) in [6.45, 7) is 1.13. The van der Waals surface area contributed by atoms with Gasteiger partial charge in [-0.3, -0.25) is 9.59 Å². The molecule has 4 rings (SSSR count). The lowest BCUT2D eigenvalue weighted by Crippen LogP contribution is -2.24.